The smallest absolute Gasteiger partial charge is 0.264 e. The van der Waals surface area contributed by atoms with Gasteiger partial charge in [-0.3, -0.25) is 13.9 Å². The molecule has 4 aromatic rings. The Balaban J connectivity index is 1.85. The molecule has 0 fully saturated rings. The van der Waals surface area contributed by atoms with Crippen molar-refractivity contribution < 1.29 is 22.7 Å². The molecule has 0 aliphatic rings. The lowest BCUT2D eigenvalue weighted by atomic mass is 10.0. The summed E-state index contributed by atoms with van der Waals surface area (Å²) in [6.07, 6.45) is 0.253. The molecule has 1 atom stereocenters. The van der Waals surface area contributed by atoms with E-state index in [2.05, 4.69) is 5.32 Å². The molecule has 0 aliphatic carbocycles. The van der Waals surface area contributed by atoms with Crippen LogP contribution in [0.5, 0.6) is 5.75 Å². The molecule has 44 heavy (non-hydrogen) atoms. The van der Waals surface area contributed by atoms with E-state index in [9.17, 15) is 18.0 Å². The molecular weight excluding hydrogens is 574 g/mol. The molecule has 0 unspecified atom stereocenters. The number of nitrogens with one attached hydrogen (secondary N) is 1. The van der Waals surface area contributed by atoms with Crippen LogP contribution in [0.15, 0.2) is 108 Å². The molecule has 0 bridgehead atoms. The average Bonchev–Trinajstić information content (AvgIpc) is 3.03. The number of amides is 2. The molecule has 4 rings (SSSR count). The van der Waals surface area contributed by atoms with Crippen molar-refractivity contribution in [2.24, 2.45) is 0 Å². The molecule has 0 saturated carbocycles. The first-order chi connectivity index (χ1) is 21.1. The third-order valence-corrected chi connectivity index (χ3v) is 9.21. The molecule has 0 aliphatic heterocycles. The Hall–Kier alpha value is -4.63. The van der Waals surface area contributed by atoms with Crippen LogP contribution in [0.3, 0.4) is 0 Å². The van der Waals surface area contributed by atoms with E-state index >= 15 is 0 Å². The maximum atomic E-state index is 14.5. The second kappa shape index (κ2) is 14.7. The first-order valence-electron chi connectivity index (χ1n) is 14.5. The fourth-order valence-electron chi connectivity index (χ4n) is 5.04. The van der Waals surface area contributed by atoms with Crippen LogP contribution in [0.4, 0.5) is 5.69 Å². The third-order valence-electron chi connectivity index (χ3n) is 7.44. The molecule has 1 N–H and O–H groups in total. The molecule has 0 saturated heterocycles. The van der Waals surface area contributed by atoms with Crippen LogP contribution in [0.2, 0.25) is 0 Å². The zero-order valence-corrected chi connectivity index (χ0v) is 26.4. The topological polar surface area (TPSA) is 96.0 Å². The maximum Gasteiger partial charge on any atom is 0.264 e. The highest BCUT2D eigenvalue weighted by Gasteiger charge is 2.35. The number of sulfonamides is 1. The van der Waals surface area contributed by atoms with E-state index in [0.29, 0.717) is 12.3 Å². The lowest BCUT2D eigenvalue weighted by Gasteiger charge is -2.34. The lowest BCUT2D eigenvalue weighted by Crippen LogP contribution is -2.53. The van der Waals surface area contributed by atoms with Crippen molar-refractivity contribution in [1.82, 2.24) is 10.2 Å². The lowest BCUT2D eigenvalue weighted by molar-refractivity contribution is -0.140. The summed E-state index contributed by atoms with van der Waals surface area (Å²) in [5.41, 5.74) is 3.71. The fraction of sp³-hybridized carbons (Fsp3) is 0.257. The molecule has 2 amide bonds. The Morgan fingerprint density at radius 2 is 1.50 bits per heavy atom. The third kappa shape index (κ3) is 7.65. The largest absolute Gasteiger partial charge is 0.495 e. The number of methoxy groups -OCH3 is 1. The molecule has 9 heteroatoms. The number of ether oxygens (including phenoxy) is 1. The molecule has 230 valence electrons. The van der Waals surface area contributed by atoms with Crippen LogP contribution in [-0.2, 0) is 32.6 Å². The summed E-state index contributed by atoms with van der Waals surface area (Å²) in [4.78, 5) is 29.7. The van der Waals surface area contributed by atoms with Gasteiger partial charge >= 0.3 is 0 Å². The van der Waals surface area contributed by atoms with Crippen LogP contribution >= 0.6 is 0 Å². The summed E-state index contributed by atoms with van der Waals surface area (Å²) in [6.45, 7) is 5.56. The molecule has 4 aromatic carbocycles. The van der Waals surface area contributed by atoms with E-state index in [1.165, 1.54) is 24.1 Å². The number of aryl methyl sites for hydroxylation is 2. The second-order valence-electron chi connectivity index (χ2n) is 10.5. The first kappa shape index (κ1) is 32.3. The summed E-state index contributed by atoms with van der Waals surface area (Å²) in [6, 6.07) is 29.4. The number of anilines is 1. The number of hydrogen-bond donors (Lipinski definition) is 1. The van der Waals surface area contributed by atoms with Gasteiger partial charge in [0.1, 0.15) is 18.3 Å². The molecule has 0 heterocycles. The van der Waals surface area contributed by atoms with E-state index < -0.39 is 28.5 Å². The summed E-state index contributed by atoms with van der Waals surface area (Å²) >= 11 is 0. The fourth-order valence-corrected chi connectivity index (χ4v) is 6.48. The van der Waals surface area contributed by atoms with Crippen molar-refractivity contribution in [2.75, 3.05) is 24.5 Å². The van der Waals surface area contributed by atoms with Gasteiger partial charge in [-0.25, -0.2) is 8.42 Å². The number of likely N-dealkylation sites (N-methyl/N-ethyl adjacent to an activating group) is 1. The Kier molecular flexibility index (Phi) is 10.8. The van der Waals surface area contributed by atoms with Crippen LogP contribution in [0, 0.1) is 13.8 Å². The minimum atomic E-state index is -4.22. The summed E-state index contributed by atoms with van der Waals surface area (Å²) in [5, 5.41) is 2.88. The van der Waals surface area contributed by atoms with Gasteiger partial charge in [-0.05, 0) is 67.3 Å². The maximum absolute atomic E-state index is 14.5. The second-order valence-corrected chi connectivity index (χ2v) is 12.4. The Bertz CT molecular complexity index is 1680. The van der Waals surface area contributed by atoms with Crippen molar-refractivity contribution in [3.05, 3.63) is 125 Å². The van der Waals surface area contributed by atoms with Crippen molar-refractivity contribution in [3.63, 3.8) is 0 Å². The summed E-state index contributed by atoms with van der Waals surface area (Å²) in [7, 11) is -2.77. The summed E-state index contributed by atoms with van der Waals surface area (Å²) in [5.74, 6) is -0.537. The van der Waals surface area contributed by atoms with E-state index in [1.54, 1.807) is 30.3 Å². The van der Waals surface area contributed by atoms with Gasteiger partial charge in [0.15, 0.2) is 0 Å². The predicted molar refractivity (Wildman–Crippen MR) is 173 cm³/mol. The Morgan fingerprint density at radius 1 is 0.864 bits per heavy atom. The standard InChI is InChI=1S/C35H39N3O5S/c1-5-36-35(40)32(23-28-15-8-6-9-16-28)37(24-29-17-13-12-14-27(29)3)34(39)25-38(31-22-26(2)20-21-33(31)43-4)44(41,42)30-18-10-7-11-19-30/h6-22,32H,5,23-25H2,1-4H3,(H,36,40)/t32-/m0/s1. The van der Waals surface area contributed by atoms with Gasteiger partial charge in [0, 0.05) is 19.5 Å². The average molecular weight is 614 g/mol. The van der Waals surface area contributed by atoms with E-state index in [4.69, 9.17) is 4.74 Å². The van der Waals surface area contributed by atoms with Gasteiger partial charge in [-0.2, -0.15) is 0 Å². The van der Waals surface area contributed by atoms with Gasteiger partial charge in [-0.1, -0.05) is 78.9 Å². The molecular formula is C35H39N3O5S. The van der Waals surface area contributed by atoms with E-state index in [-0.39, 0.29) is 29.5 Å². The molecule has 0 radical (unpaired) electrons. The normalized spacial score (nSPS) is 11.8. The number of benzene rings is 4. The van der Waals surface area contributed by atoms with Crippen LogP contribution < -0.4 is 14.4 Å². The monoisotopic (exact) mass is 613 g/mol. The minimum Gasteiger partial charge on any atom is -0.495 e. The zero-order valence-electron chi connectivity index (χ0n) is 25.6. The number of carbonyl (C=O) groups excluding carboxylic acids is 2. The van der Waals surface area contributed by atoms with Crippen molar-refractivity contribution in [3.8, 4) is 5.75 Å². The van der Waals surface area contributed by atoms with Crippen molar-refractivity contribution >= 4 is 27.5 Å². The van der Waals surface area contributed by atoms with Crippen LogP contribution in [0.25, 0.3) is 0 Å². The van der Waals surface area contributed by atoms with Gasteiger partial charge in [0.2, 0.25) is 11.8 Å². The van der Waals surface area contributed by atoms with Gasteiger partial charge in [0.25, 0.3) is 10.0 Å². The minimum absolute atomic E-state index is 0.0337. The van der Waals surface area contributed by atoms with E-state index in [1.807, 2.05) is 81.4 Å². The Labute approximate surface area is 260 Å². The quantitative estimate of drug-likeness (QED) is 0.221. The number of carbonyl (C=O) groups is 2. The number of rotatable bonds is 13. The predicted octanol–water partition coefficient (Wildman–Crippen LogP) is 5.28. The SMILES string of the molecule is CCNC(=O)[C@H](Cc1ccccc1)N(Cc1ccccc1C)C(=O)CN(c1cc(C)ccc1OC)S(=O)(=O)c1ccccc1. The number of hydrogen-bond acceptors (Lipinski definition) is 5. The van der Waals surface area contributed by atoms with E-state index in [0.717, 1.165) is 26.6 Å². The highest BCUT2D eigenvalue weighted by atomic mass is 32.2. The van der Waals surface area contributed by atoms with Gasteiger partial charge in [-0.15, -0.1) is 0 Å². The number of nitrogens with zero attached hydrogens (tertiary/aromatic N) is 2. The van der Waals surface area contributed by atoms with Crippen molar-refractivity contribution in [1.29, 1.82) is 0 Å². The van der Waals surface area contributed by atoms with Gasteiger partial charge < -0.3 is 15.0 Å². The summed E-state index contributed by atoms with van der Waals surface area (Å²) < 4.78 is 35.1. The van der Waals surface area contributed by atoms with Crippen molar-refractivity contribution in [2.45, 2.75) is 44.7 Å². The highest BCUT2D eigenvalue weighted by molar-refractivity contribution is 7.92. The molecule has 0 aromatic heterocycles. The van der Waals surface area contributed by atoms with Crippen LogP contribution in [-0.4, -0.2) is 51.4 Å². The first-order valence-corrected chi connectivity index (χ1v) is 16.0. The molecule has 0 spiro atoms. The van der Waals surface area contributed by atoms with Gasteiger partial charge in [0.05, 0.1) is 17.7 Å². The highest BCUT2D eigenvalue weighted by Crippen LogP contribution is 2.34. The van der Waals surface area contributed by atoms with Crippen LogP contribution in [0.1, 0.15) is 29.2 Å². The molecule has 8 nitrogen and oxygen atoms in total. The zero-order chi connectivity index (χ0) is 31.7. The Morgan fingerprint density at radius 3 is 2.14 bits per heavy atom.